The number of aromatic hydroxyl groups is 1. The van der Waals surface area contributed by atoms with Crippen molar-refractivity contribution < 1.29 is 5.11 Å². The average Bonchev–Trinajstić information content (AvgIpc) is 2.55. The van der Waals surface area contributed by atoms with E-state index in [0.717, 1.165) is 31.5 Å². The zero-order valence-electron chi connectivity index (χ0n) is 15.7. The molecule has 4 rings (SSSR count). The minimum Gasteiger partial charge on any atom is -0.508 e. The van der Waals surface area contributed by atoms with Gasteiger partial charge in [-0.05, 0) is 69.0 Å². The molecule has 1 heterocycles. The number of anilines is 1. The molecule has 0 aromatic heterocycles. The van der Waals surface area contributed by atoms with Gasteiger partial charge in [0.15, 0.2) is 0 Å². The third-order valence-electron chi connectivity index (χ3n) is 6.12. The summed E-state index contributed by atoms with van der Waals surface area (Å²) in [5.74, 6) is 0.460. The Balaban J connectivity index is 1.78. The minimum atomic E-state index is 0.416. The van der Waals surface area contributed by atoms with Crippen molar-refractivity contribution in [2.24, 2.45) is 0 Å². The Morgan fingerprint density at radius 2 is 1.68 bits per heavy atom. The van der Waals surface area contributed by atoms with Gasteiger partial charge in [-0.1, -0.05) is 29.8 Å². The molecule has 2 unspecified atom stereocenters. The van der Waals surface area contributed by atoms with E-state index in [1.807, 2.05) is 12.1 Å². The standard InChI is InChI=1S/C22H28N2O/c1-14-10-15(2)22(16(3)11-14)24-9-8-23(4)19-12-17-6-5-7-21(25)18(17)13-20(19)24/h5-7,10-11,19-20,25H,8-9,12-13H2,1-4H3. The lowest BCUT2D eigenvalue weighted by atomic mass is 9.80. The van der Waals surface area contributed by atoms with Gasteiger partial charge in [-0.2, -0.15) is 0 Å². The van der Waals surface area contributed by atoms with Crippen LogP contribution in [-0.2, 0) is 12.8 Å². The van der Waals surface area contributed by atoms with E-state index in [1.54, 1.807) is 0 Å². The highest BCUT2D eigenvalue weighted by molar-refractivity contribution is 5.62. The van der Waals surface area contributed by atoms with Gasteiger partial charge in [0.2, 0.25) is 0 Å². The van der Waals surface area contributed by atoms with Crippen LogP contribution < -0.4 is 4.90 Å². The second kappa shape index (κ2) is 6.06. The van der Waals surface area contributed by atoms with E-state index >= 15 is 0 Å². The lowest BCUT2D eigenvalue weighted by molar-refractivity contribution is 0.163. The van der Waals surface area contributed by atoms with Gasteiger partial charge in [0, 0.05) is 30.9 Å². The van der Waals surface area contributed by atoms with Gasteiger partial charge < -0.3 is 10.0 Å². The highest BCUT2D eigenvalue weighted by atomic mass is 16.3. The van der Waals surface area contributed by atoms with Crippen LogP contribution in [0.2, 0.25) is 0 Å². The molecule has 2 aromatic rings. The van der Waals surface area contributed by atoms with E-state index in [4.69, 9.17) is 0 Å². The summed E-state index contributed by atoms with van der Waals surface area (Å²) in [5.41, 5.74) is 7.91. The van der Waals surface area contributed by atoms with E-state index in [2.05, 4.69) is 55.8 Å². The van der Waals surface area contributed by atoms with Crippen molar-refractivity contribution in [1.82, 2.24) is 4.90 Å². The van der Waals surface area contributed by atoms with Gasteiger partial charge >= 0.3 is 0 Å². The summed E-state index contributed by atoms with van der Waals surface area (Å²) < 4.78 is 0. The van der Waals surface area contributed by atoms with Crippen molar-refractivity contribution in [1.29, 1.82) is 0 Å². The molecule has 1 N–H and O–H groups in total. The molecule has 2 aliphatic rings. The van der Waals surface area contributed by atoms with Gasteiger partial charge in [0.05, 0.1) is 0 Å². The molecule has 1 aliphatic heterocycles. The van der Waals surface area contributed by atoms with Crippen molar-refractivity contribution in [2.45, 2.75) is 45.7 Å². The van der Waals surface area contributed by atoms with Crippen LogP contribution in [0.3, 0.4) is 0 Å². The van der Waals surface area contributed by atoms with E-state index in [-0.39, 0.29) is 0 Å². The van der Waals surface area contributed by atoms with E-state index in [9.17, 15) is 5.11 Å². The smallest absolute Gasteiger partial charge is 0.119 e. The maximum Gasteiger partial charge on any atom is 0.119 e. The molecule has 1 aliphatic carbocycles. The van der Waals surface area contributed by atoms with Crippen LogP contribution in [0.15, 0.2) is 30.3 Å². The molecule has 2 atom stereocenters. The summed E-state index contributed by atoms with van der Waals surface area (Å²) in [6.07, 6.45) is 1.94. The number of likely N-dealkylation sites (N-methyl/N-ethyl adjacent to an activating group) is 1. The Labute approximate surface area is 150 Å². The van der Waals surface area contributed by atoms with Crippen LogP contribution in [0, 0.1) is 20.8 Å². The number of hydrogen-bond donors (Lipinski definition) is 1. The van der Waals surface area contributed by atoms with Crippen molar-refractivity contribution in [2.75, 3.05) is 25.0 Å². The van der Waals surface area contributed by atoms with E-state index in [1.165, 1.54) is 27.9 Å². The van der Waals surface area contributed by atoms with E-state index in [0.29, 0.717) is 17.8 Å². The van der Waals surface area contributed by atoms with Crippen LogP contribution >= 0.6 is 0 Å². The van der Waals surface area contributed by atoms with Gasteiger partial charge in [-0.3, -0.25) is 4.90 Å². The Morgan fingerprint density at radius 1 is 0.960 bits per heavy atom. The third kappa shape index (κ3) is 2.71. The predicted octanol–water partition coefficient (Wildman–Crippen LogP) is 3.61. The molecular formula is C22H28N2O. The van der Waals surface area contributed by atoms with E-state index < -0.39 is 0 Å². The predicted molar refractivity (Wildman–Crippen MR) is 104 cm³/mol. The summed E-state index contributed by atoms with van der Waals surface area (Å²) in [6, 6.07) is 11.5. The second-order valence-electron chi connectivity index (χ2n) is 7.88. The molecule has 132 valence electrons. The first-order valence-electron chi connectivity index (χ1n) is 9.30. The highest BCUT2D eigenvalue weighted by Gasteiger charge is 2.40. The summed E-state index contributed by atoms with van der Waals surface area (Å²) in [4.78, 5) is 5.12. The van der Waals surface area contributed by atoms with Crippen LogP contribution in [0.1, 0.15) is 27.8 Å². The van der Waals surface area contributed by atoms with Crippen molar-refractivity contribution in [3.05, 3.63) is 58.1 Å². The number of benzene rings is 2. The average molecular weight is 336 g/mol. The molecule has 2 aromatic carbocycles. The number of nitrogens with zero attached hydrogens (tertiary/aromatic N) is 2. The van der Waals surface area contributed by atoms with Crippen LogP contribution in [0.5, 0.6) is 5.75 Å². The summed E-state index contributed by atoms with van der Waals surface area (Å²) in [5, 5.41) is 10.4. The first-order valence-corrected chi connectivity index (χ1v) is 9.30. The first-order chi connectivity index (χ1) is 12.0. The number of phenols is 1. The Morgan fingerprint density at radius 3 is 2.40 bits per heavy atom. The number of aryl methyl sites for hydroxylation is 3. The number of piperazine rings is 1. The largest absolute Gasteiger partial charge is 0.508 e. The number of fused-ring (bicyclic) bond motifs is 2. The third-order valence-corrected chi connectivity index (χ3v) is 6.12. The maximum atomic E-state index is 10.4. The monoisotopic (exact) mass is 336 g/mol. The van der Waals surface area contributed by atoms with Gasteiger partial charge in [0.25, 0.3) is 0 Å². The molecule has 0 radical (unpaired) electrons. The topological polar surface area (TPSA) is 26.7 Å². The molecule has 0 amide bonds. The van der Waals surface area contributed by atoms with Gasteiger partial charge in [-0.25, -0.2) is 0 Å². The number of phenolic OH excluding ortho intramolecular Hbond substituents is 1. The zero-order valence-corrected chi connectivity index (χ0v) is 15.7. The molecule has 3 nitrogen and oxygen atoms in total. The SMILES string of the molecule is Cc1cc(C)c(N2CCN(C)C3Cc4cccc(O)c4CC32)c(C)c1. The fourth-order valence-corrected chi connectivity index (χ4v) is 5.02. The Bertz CT molecular complexity index is 791. The molecule has 1 saturated heterocycles. The molecule has 3 heteroatoms. The molecule has 0 bridgehead atoms. The normalized spacial score (nSPS) is 23.3. The molecule has 25 heavy (non-hydrogen) atoms. The number of hydrogen-bond acceptors (Lipinski definition) is 3. The lowest BCUT2D eigenvalue weighted by Crippen LogP contribution is -2.61. The van der Waals surface area contributed by atoms with Crippen LogP contribution in [0.25, 0.3) is 0 Å². The number of rotatable bonds is 1. The summed E-state index contributed by atoms with van der Waals surface area (Å²) >= 11 is 0. The molecule has 1 fully saturated rings. The van der Waals surface area contributed by atoms with Crippen LogP contribution in [-0.4, -0.2) is 42.2 Å². The van der Waals surface area contributed by atoms with Crippen LogP contribution in [0.4, 0.5) is 5.69 Å². The fourth-order valence-electron chi connectivity index (χ4n) is 5.02. The van der Waals surface area contributed by atoms with Crippen molar-refractivity contribution in [3.63, 3.8) is 0 Å². The summed E-state index contributed by atoms with van der Waals surface area (Å²) in [7, 11) is 2.25. The minimum absolute atomic E-state index is 0.416. The fraction of sp³-hybridized carbons (Fsp3) is 0.455. The molecule has 0 saturated carbocycles. The second-order valence-corrected chi connectivity index (χ2v) is 7.88. The van der Waals surface area contributed by atoms with Crippen molar-refractivity contribution >= 4 is 5.69 Å². The highest BCUT2D eigenvalue weighted by Crippen LogP contribution is 2.38. The molecule has 0 spiro atoms. The summed E-state index contributed by atoms with van der Waals surface area (Å²) in [6.45, 7) is 8.77. The Hall–Kier alpha value is -2.00. The Kier molecular flexibility index (Phi) is 3.99. The lowest BCUT2D eigenvalue weighted by Gasteiger charge is -2.51. The van der Waals surface area contributed by atoms with Crippen molar-refractivity contribution in [3.8, 4) is 5.75 Å². The first kappa shape index (κ1) is 16.5. The quantitative estimate of drug-likeness (QED) is 0.862. The van der Waals surface area contributed by atoms with Gasteiger partial charge in [0.1, 0.15) is 5.75 Å². The molecular weight excluding hydrogens is 308 g/mol. The zero-order chi connectivity index (χ0) is 17.7. The maximum absolute atomic E-state index is 10.4. The van der Waals surface area contributed by atoms with Gasteiger partial charge in [-0.15, -0.1) is 0 Å².